The SMILES string of the molecule is [O-]/[N+](=N/Nc1ccccc1)c1ccccc1. The molecule has 0 saturated carbocycles. The zero-order chi connectivity index (χ0) is 11.2. The molecule has 16 heavy (non-hydrogen) atoms. The number of para-hydroxylation sites is 2. The molecule has 0 aliphatic heterocycles. The van der Waals surface area contributed by atoms with Gasteiger partial charge in [-0.05, 0) is 24.3 Å². The summed E-state index contributed by atoms with van der Waals surface area (Å²) in [6, 6.07) is 18.1. The van der Waals surface area contributed by atoms with Crippen molar-refractivity contribution in [3.05, 3.63) is 65.9 Å². The molecule has 0 aliphatic carbocycles. The third-order valence-corrected chi connectivity index (χ3v) is 2.02. The van der Waals surface area contributed by atoms with E-state index in [1.807, 2.05) is 36.4 Å². The molecule has 0 amide bonds. The summed E-state index contributed by atoms with van der Waals surface area (Å²) in [5.74, 6) is 0. The molecule has 0 radical (unpaired) electrons. The van der Waals surface area contributed by atoms with Gasteiger partial charge in [-0.2, -0.15) is 0 Å². The lowest BCUT2D eigenvalue weighted by molar-refractivity contribution is -0.439. The highest BCUT2D eigenvalue weighted by molar-refractivity contribution is 5.41. The minimum absolute atomic E-state index is 0.492. The Labute approximate surface area is 93.4 Å². The van der Waals surface area contributed by atoms with Gasteiger partial charge in [0.25, 0.3) is 0 Å². The summed E-state index contributed by atoms with van der Waals surface area (Å²) in [5.41, 5.74) is 3.95. The number of anilines is 1. The molecule has 0 aromatic heterocycles. The minimum Gasteiger partial charge on any atom is -0.691 e. The number of hydrogen-bond donors (Lipinski definition) is 1. The number of benzene rings is 2. The second-order valence-electron chi connectivity index (χ2n) is 3.19. The molecule has 0 spiro atoms. The van der Waals surface area contributed by atoms with E-state index in [0.717, 1.165) is 5.69 Å². The van der Waals surface area contributed by atoms with Crippen LogP contribution in [0.4, 0.5) is 11.4 Å². The van der Waals surface area contributed by atoms with E-state index in [9.17, 15) is 5.21 Å². The average Bonchev–Trinajstić information content (AvgIpc) is 2.38. The molecule has 0 aliphatic rings. The van der Waals surface area contributed by atoms with Crippen molar-refractivity contribution in [1.29, 1.82) is 0 Å². The Kier molecular flexibility index (Phi) is 3.13. The first kappa shape index (κ1) is 10.2. The van der Waals surface area contributed by atoms with Gasteiger partial charge in [0.1, 0.15) is 5.69 Å². The van der Waals surface area contributed by atoms with Crippen LogP contribution in [-0.4, -0.2) is 4.86 Å². The van der Waals surface area contributed by atoms with E-state index in [1.54, 1.807) is 24.3 Å². The maximum atomic E-state index is 11.5. The van der Waals surface area contributed by atoms with E-state index in [2.05, 4.69) is 10.6 Å². The van der Waals surface area contributed by atoms with Gasteiger partial charge in [-0.25, -0.2) is 0 Å². The third-order valence-electron chi connectivity index (χ3n) is 2.02. The van der Waals surface area contributed by atoms with Crippen molar-refractivity contribution >= 4 is 11.4 Å². The molecule has 1 N–H and O–H groups in total. The molecule has 2 rings (SSSR count). The Hall–Kier alpha value is -2.36. The normalized spacial score (nSPS) is 11.1. The second kappa shape index (κ2) is 4.93. The lowest BCUT2D eigenvalue weighted by atomic mass is 10.3. The van der Waals surface area contributed by atoms with Gasteiger partial charge in [0.05, 0.1) is 5.22 Å². The molecule has 0 bridgehead atoms. The zero-order valence-electron chi connectivity index (χ0n) is 8.58. The maximum Gasteiger partial charge on any atom is 0.154 e. The van der Waals surface area contributed by atoms with Crippen LogP contribution in [0.2, 0.25) is 0 Å². The van der Waals surface area contributed by atoms with Gasteiger partial charge in [0.15, 0.2) is 5.69 Å². The van der Waals surface area contributed by atoms with Gasteiger partial charge in [-0.3, -0.25) is 0 Å². The summed E-state index contributed by atoms with van der Waals surface area (Å²) in [5, 5.41) is 15.2. The smallest absolute Gasteiger partial charge is 0.154 e. The van der Waals surface area contributed by atoms with Gasteiger partial charge in [0.2, 0.25) is 0 Å². The number of rotatable bonds is 3. The monoisotopic (exact) mass is 213 g/mol. The Morgan fingerprint density at radius 2 is 1.44 bits per heavy atom. The predicted molar refractivity (Wildman–Crippen MR) is 62.2 cm³/mol. The molecular weight excluding hydrogens is 202 g/mol. The van der Waals surface area contributed by atoms with Crippen LogP contribution in [0.1, 0.15) is 0 Å². The van der Waals surface area contributed by atoms with E-state index < -0.39 is 0 Å². The number of hydrogen-bond acceptors (Lipinski definition) is 2. The van der Waals surface area contributed by atoms with Crippen molar-refractivity contribution in [1.82, 2.24) is 0 Å². The van der Waals surface area contributed by atoms with Gasteiger partial charge in [-0.15, -0.1) is 10.3 Å². The largest absolute Gasteiger partial charge is 0.691 e. The molecule has 2 aromatic rings. The molecule has 0 fully saturated rings. The van der Waals surface area contributed by atoms with Crippen LogP contribution in [0.5, 0.6) is 0 Å². The average molecular weight is 213 g/mol. The van der Waals surface area contributed by atoms with Crippen LogP contribution < -0.4 is 5.43 Å². The van der Waals surface area contributed by atoms with Crippen molar-refractivity contribution in [2.75, 3.05) is 5.43 Å². The molecule has 2 aromatic carbocycles. The highest BCUT2D eigenvalue weighted by atomic mass is 16.5. The molecule has 0 atom stereocenters. The summed E-state index contributed by atoms with van der Waals surface area (Å²) in [7, 11) is 0. The lowest BCUT2D eigenvalue weighted by Crippen LogP contribution is -1.97. The first-order valence-corrected chi connectivity index (χ1v) is 4.90. The molecule has 0 unspecified atom stereocenters. The maximum absolute atomic E-state index is 11.5. The summed E-state index contributed by atoms with van der Waals surface area (Å²) < 4.78 is 0. The van der Waals surface area contributed by atoms with E-state index in [1.165, 1.54) is 0 Å². The molecule has 80 valence electrons. The highest BCUT2D eigenvalue weighted by Gasteiger charge is 1.96. The summed E-state index contributed by atoms with van der Waals surface area (Å²) in [4.78, 5) is 0.549. The first-order chi connectivity index (χ1) is 7.86. The molecule has 0 saturated heterocycles. The van der Waals surface area contributed by atoms with Gasteiger partial charge < -0.3 is 5.21 Å². The predicted octanol–water partition coefficient (Wildman–Crippen LogP) is 3.31. The molecule has 4 heteroatoms. The van der Waals surface area contributed by atoms with Crippen molar-refractivity contribution in [3.63, 3.8) is 0 Å². The fourth-order valence-electron chi connectivity index (χ4n) is 1.23. The van der Waals surface area contributed by atoms with Crippen LogP contribution in [0.15, 0.2) is 65.9 Å². The Morgan fingerprint density at radius 1 is 0.875 bits per heavy atom. The van der Waals surface area contributed by atoms with Crippen molar-refractivity contribution < 1.29 is 4.86 Å². The summed E-state index contributed by atoms with van der Waals surface area (Å²) in [6.45, 7) is 0. The number of nitrogens with zero attached hydrogens (tertiary/aromatic N) is 2. The van der Waals surface area contributed by atoms with Crippen molar-refractivity contribution in [2.45, 2.75) is 0 Å². The molecule has 4 nitrogen and oxygen atoms in total. The fourth-order valence-corrected chi connectivity index (χ4v) is 1.23. The molecular formula is C12H11N3O. The summed E-state index contributed by atoms with van der Waals surface area (Å²) >= 11 is 0. The quantitative estimate of drug-likeness (QED) is 0.483. The van der Waals surface area contributed by atoms with E-state index >= 15 is 0 Å². The molecule has 0 heterocycles. The minimum atomic E-state index is 0.492. The van der Waals surface area contributed by atoms with Crippen molar-refractivity contribution in [2.24, 2.45) is 5.22 Å². The standard InChI is InChI=1S/C12H11N3O/c16-15(12-9-5-2-6-10-12)14-13-11-7-3-1-4-8-11/h1-10,13H/b15-14+. The number of nitrogens with one attached hydrogen (secondary N) is 1. The van der Waals surface area contributed by atoms with E-state index in [0.29, 0.717) is 10.5 Å². The lowest BCUT2D eigenvalue weighted by Gasteiger charge is -2.04. The van der Waals surface area contributed by atoms with Crippen LogP contribution in [-0.2, 0) is 0 Å². The van der Waals surface area contributed by atoms with Crippen molar-refractivity contribution in [3.8, 4) is 0 Å². The highest BCUT2D eigenvalue weighted by Crippen LogP contribution is 2.10. The Morgan fingerprint density at radius 3 is 2.06 bits per heavy atom. The van der Waals surface area contributed by atoms with Gasteiger partial charge in [-0.1, -0.05) is 36.4 Å². The van der Waals surface area contributed by atoms with Crippen LogP contribution in [0.25, 0.3) is 0 Å². The fraction of sp³-hybridized carbons (Fsp3) is 0. The topological polar surface area (TPSA) is 50.5 Å². The van der Waals surface area contributed by atoms with E-state index in [4.69, 9.17) is 0 Å². The van der Waals surface area contributed by atoms with Crippen LogP contribution in [0, 0.1) is 5.21 Å². The van der Waals surface area contributed by atoms with Gasteiger partial charge >= 0.3 is 0 Å². The zero-order valence-corrected chi connectivity index (χ0v) is 8.58. The second-order valence-corrected chi connectivity index (χ2v) is 3.19. The van der Waals surface area contributed by atoms with Crippen LogP contribution >= 0.6 is 0 Å². The van der Waals surface area contributed by atoms with Crippen LogP contribution in [0.3, 0.4) is 0 Å². The first-order valence-electron chi connectivity index (χ1n) is 4.90. The third kappa shape index (κ3) is 2.57. The Bertz CT molecular complexity index is 468. The summed E-state index contributed by atoms with van der Waals surface area (Å²) in [6.07, 6.45) is 0. The van der Waals surface area contributed by atoms with E-state index in [-0.39, 0.29) is 0 Å². The Balaban J connectivity index is 2.09. The van der Waals surface area contributed by atoms with Gasteiger partial charge in [0, 0.05) is 0 Å².